The Kier molecular flexibility index (Phi) is 4.80. The van der Waals surface area contributed by atoms with Crippen LogP contribution in [0.4, 0.5) is 5.69 Å². The van der Waals surface area contributed by atoms with E-state index >= 15 is 0 Å². The maximum Gasteiger partial charge on any atom is 0.312 e. The highest BCUT2D eigenvalue weighted by Crippen LogP contribution is 2.35. The van der Waals surface area contributed by atoms with E-state index in [4.69, 9.17) is 21.1 Å². The molecular weight excluding hydrogens is 286 g/mol. The second-order valence-electron chi connectivity index (χ2n) is 4.66. The average Bonchev–Trinajstić information content (AvgIpc) is 2.40. The third kappa shape index (κ3) is 3.20. The molecule has 6 nitrogen and oxygen atoms in total. The van der Waals surface area contributed by atoms with Gasteiger partial charge in [-0.2, -0.15) is 0 Å². The first-order chi connectivity index (χ1) is 9.52. The minimum Gasteiger partial charge on any atom is -0.481 e. The van der Waals surface area contributed by atoms with Gasteiger partial charge in [-0.15, -0.1) is 0 Å². The molecule has 1 aromatic rings. The van der Waals surface area contributed by atoms with Gasteiger partial charge in [-0.1, -0.05) is 18.5 Å². The highest BCUT2D eigenvalue weighted by molar-refractivity contribution is 6.30. The van der Waals surface area contributed by atoms with E-state index in [1.165, 1.54) is 18.2 Å². The van der Waals surface area contributed by atoms with Gasteiger partial charge >= 0.3 is 5.69 Å². The summed E-state index contributed by atoms with van der Waals surface area (Å²) in [6, 6.07) is 4.23. The van der Waals surface area contributed by atoms with Crippen molar-refractivity contribution in [2.75, 3.05) is 6.61 Å². The van der Waals surface area contributed by atoms with Crippen LogP contribution in [0.15, 0.2) is 18.2 Å². The Labute approximate surface area is 121 Å². The number of rotatable bonds is 6. The Bertz CT molecular complexity index is 496. The van der Waals surface area contributed by atoms with Gasteiger partial charge in [0.15, 0.2) is 5.75 Å². The zero-order valence-corrected chi connectivity index (χ0v) is 11.7. The molecule has 1 aliphatic rings. The molecule has 1 aliphatic carbocycles. The molecule has 0 amide bonds. The molecule has 3 unspecified atom stereocenters. The first-order valence-corrected chi connectivity index (χ1v) is 6.81. The third-order valence-corrected chi connectivity index (χ3v) is 3.37. The summed E-state index contributed by atoms with van der Waals surface area (Å²) >= 11 is 5.74. The minimum absolute atomic E-state index is 0.140. The van der Waals surface area contributed by atoms with Crippen LogP contribution in [0.25, 0.3) is 0 Å². The standard InChI is InChI=1S/C13H16ClNO5/c1-2-5-19-13-10(16)7-12(13)20-11-4-3-8(14)6-9(11)15(17)18/h3-4,6,10,12-13,16H,2,5,7H2,1H3. The fraction of sp³-hybridized carbons (Fsp3) is 0.538. The predicted octanol–water partition coefficient (Wildman–Crippen LogP) is 2.56. The third-order valence-electron chi connectivity index (χ3n) is 3.13. The smallest absolute Gasteiger partial charge is 0.312 e. The summed E-state index contributed by atoms with van der Waals surface area (Å²) in [4.78, 5) is 10.4. The SMILES string of the molecule is CCCOC1C(O)CC1Oc1ccc(Cl)cc1[N+](=O)[O-]. The second-order valence-corrected chi connectivity index (χ2v) is 5.10. The number of ether oxygens (including phenoxy) is 2. The van der Waals surface area contributed by atoms with E-state index in [0.29, 0.717) is 13.0 Å². The molecule has 3 atom stereocenters. The Balaban J connectivity index is 2.08. The molecule has 2 rings (SSSR count). The maximum atomic E-state index is 11.0. The molecular formula is C13H16ClNO5. The molecule has 0 heterocycles. The van der Waals surface area contributed by atoms with Crippen LogP contribution >= 0.6 is 11.6 Å². The molecule has 0 aliphatic heterocycles. The number of nitro benzene ring substituents is 1. The normalized spacial score (nSPS) is 25.1. The molecule has 1 aromatic carbocycles. The lowest BCUT2D eigenvalue weighted by Gasteiger charge is -2.40. The van der Waals surface area contributed by atoms with Crippen molar-refractivity contribution in [3.63, 3.8) is 0 Å². The van der Waals surface area contributed by atoms with Crippen molar-refractivity contribution in [1.29, 1.82) is 0 Å². The molecule has 20 heavy (non-hydrogen) atoms. The van der Waals surface area contributed by atoms with Gasteiger partial charge in [0.2, 0.25) is 0 Å². The minimum atomic E-state index is -0.585. The number of aliphatic hydroxyl groups is 1. The number of hydrogen-bond acceptors (Lipinski definition) is 5. The van der Waals surface area contributed by atoms with Crippen molar-refractivity contribution >= 4 is 17.3 Å². The van der Waals surface area contributed by atoms with E-state index in [1.54, 1.807) is 0 Å². The molecule has 0 bridgehead atoms. The summed E-state index contributed by atoms with van der Waals surface area (Å²) in [5.74, 6) is 0.140. The lowest BCUT2D eigenvalue weighted by molar-refractivity contribution is -0.386. The Morgan fingerprint density at radius 3 is 2.90 bits per heavy atom. The van der Waals surface area contributed by atoms with E-state index in [2.05, 4.69) is 0 Å². The molecule has 0 aromatic heterocycles. The van der Waals surface area contributed by atoms with Crippen molar-refractivity contribution in [2.45, 2.75) is 38.1 Å². The van der Waals surface area contributed by atoms with Gasteiger partial charge in [0, 0.05) is 24.1 Å². The molecule has 0 saturated heterocycles. The van der Waals surface area contributed by atoms with Gasteiger partial charge in [0.25, 0.3) is 0 Å². The van der Waals surface area contributed by atoms with E-state index in [9.17, 15) is 15.2 Å². The summed E-state index contributed by atoms with van der Waals surface area (Å²) in [5.41, 5.74) is -0.187. The zero-order chi connectivity index (χ0) is 14.7. The quantitative estimate of drug-likeness (QED) is 0.645. The number of hydrogen-bond donors (Lipinski definition) is 1. The lowest BCUT2D eigenvalue weighted by atomic mass is 9.88. The number of halogens is 1. The fourth-order valence-electron chi connectivity index (χ4n) is 2.04. The fourth-order valence-corrected chi connectivity index (χ4v) is 2.21. The Hall–Kier alpha value is -1.37. The van der Waals surface area contributed by atoms with Crippen LogP contribution in [0, 0.1) is 10.1 Å². The first kappa shape index (κ1) is 15.0. The molecule has 1 saturated carbocycles. The van der Waals surface area contributed by atoms with Gasteiger partial charge in [-0.3, -0.25) is 10.1 Å². The number of aliphatic hydroxyl groups excluding tert-OH is 1. The van der Waals surface area contributed by atoms with Crippen LogP contribution in [-0.4, -0.2) is 34.9 Å². The van der Waals surface area contributed by atoms with Crippen LogP contribution in [0.5, 0.6) is 5.75 Å². The monoisotopic (exact) mass is 301 g/mol. The highest BCUT2D eigenvalue weighted by Gasteiger charge is 2.43. The van der Waals surface area contributed by atoms with Crippen LogP contribution in [-0.2, 0) is 4.74 Å². The van der Waals surface area contributed by atoms with Crippen LogP contribution in [0.1, 0.15) is 19.8 Å². The van der Waals surface area contributed by atoms with Crippen molar-refractivity contribution < 1.29 is 19.5 Å². The van der Waals surface area contributed by atoms with Gasteiger partial charge in [0.05, 0.1) is 11.0 Å². The summed E-state index contributed by atoms with van der Waals surface area (Å²) in [7, 11) is 0. The summed E-state index contributed by atoms with van der Waals surface area (Å²) < 4.78 is 11.1. The first-order valence-electron chi connectivity index (χ1n) is 6.43. The zero-order valence-electron chi connectivity index (χ0n) is 11.0. The highest BCUT2D eigenvalue weighted by atomic mass is 35.5. The van der Waals surface area contributed by atoms with E-state index in [1.807, 2.05) is 6.92 Å². The van der Waals surface area contributed by atoms with E-state index in [-0.39, 0.29) is 22.6 Å². The van der Waals surface area contributed by atoms with Crippen LogP contribution in [0.3, 0.4) is 0 Å². The Morgan fingerprint density at radius 2 is 2.30 bits per heavy atom. The summed E-state index contributed by atoms with van der Waals surface area (Å²) in [6.07, 6.45) is -0.176. The average molecular weight is 302 g/mol. The molecule has 1 fully saturated rings. The molecule has 110 valence electrons. The van der Waals surface area contributed by atoms with Crippen molar-refractivity contribution in [3.8, 4) is 5.75 Å². The molecule has 7 heteroatoms. The largest absolute Gasteiger partial charge is 0.481 e. The van der Waals surface area contributed by atoms with Gasteiger partial charge in [-0.05, 0) is 18.6 Å². The summed E-state index contributed by atoms with van der Waals surface area (Å²) in [6.45, 7) is 2.48. The molecule has 0 radical (unpaired) electrons. The van der Waals surface area contributed by atoms with Gasteiger partial charge in [-0.25, -0.2) is 0 Å². The van der Waals surface area contributed by atoms with Gasteiger partial charge < -0.3 is 14.6 Å². The summed E-state index contributed by atoms with van der Waals surface area (Å²) in [5, 5.41) is 20.9. The predicted molar refractivity (Wildman–Crippen MR) is 73.2 cm³/mol. The van der Waals surface area contributed by atoms with Crippen LogP contribution in [0.2, 0.25) is 5.02 Å². The van der Waals surface area contributed by atoms with Crippen molar-refractivity contribution in [2.24, 2.45) is 0 Å². The van der Waals surface area contributed by atoms with E-state index < -0.39 is 17.1 Å². The van der Waals surface area contributed by atoms with Crippen LogP contribution < -0.4 is 4.74 Å². The second kappa shape index (κ2) is 6.39. The van der Waals surface area contributed by atoms with Crippen molar-refractivity contribution in [1.82, 2.24) is 0 Å². The van der Waals surface area contributed by atoms with Gasteiger partial charge in [0.1, 0.15) is 12.2 Å². The maximum absolute atomic E-state index is 11.0. The topological polar surface area (TPSA) is 81.8 Å². The lowest BCUT2D eigenvalue weighted by Crippen LogP contribution is -2.55. The molecule has 1 N–H and O–H groups in total. The number of nitrogens with zero attached hydrogens (tertiary/aromatic N) is 1. The molecule has 0 spiro atoms. The number of benzene rings is 1. The van der Waals surface area contributed by atoms with E-state index in [0.717, 1.165) is 6.42 Å². The Morgan fingerprint density at radius 1 is 1.55 bits per heavy atom. The number of nitro groups is 1. The van der Waals surface area contributed by atoms with Crippen molar-refractivity contribution in [3.05, 3.63) is 33.3 Å².